The Labute approximate surface area is 122 Å². The van der Waals surface area contributed by atoms with Gasteiger partial charge in [0.25, 0.3) is 0 Å². The molecule has 2 fully saturated rings. The molecule has 0 aliphatic carbocycles. The molecule has 1 amide bonds. The summed E-state index contributed by atoms with van der Waals surface area (Å²) in [5, 5.41) is 0. The molecule has 2 atom stereocenters. The van der Waals surface area contributed by atoms with Gasteiger partial charge >= 0.3 is 6.09 Å². The Balaban J connectivity index is 2.06. The van der Waals surface area contributed by atoms with Crippen molar-refractivity contribution in [3.63, 3.8) is 0 Å². The van der Waals surface area contributed by atoms with Crippen LogP contribution in [0.1, 0.15) is 41.5 Å². The molecule has 0 N–H and O–H groups in total. The summed E-state index contributed by atoms with van der Waals surface area (Å²) >= 11 is 0. The predicted octanol–water partition coefficient (Wildman–Crippen LogP) is 2.31. The Hall–Kier alpha value is -0.810. The number of hydrogen-bond acceptors (Lipinski definition) is 4. The fraction of sp³-hybridized carbons (Fsp3) is 0.933. The first kappa shape index (κ1) is 15.6. The van der Waals surface area contributed by atoms with Gasteiger partial charge in [0.05, 0.1) is 11.6 Å². The summed E-state index contributed by atoms with van der Waals surface area (Å²) in [6, 6.07) is 0.253. The second-order valence-corrected chi connectivity index (χ2v) is 7.37. The zero-order valence-electron chi connectivity index (χ0n) is 13.6. The van der Waals surface area contributed by atoms with Gasteiger partial charge in [-0.3, -0.25) is 4.90 Å². The highest BCUT2D eigenvalue weighted by atomic mass is 16.6. The molecular formula is C15H28N2O3. The van der Waals surface area contributed by atoms with Crippen LogP contribution in [0.3, 0.4) is 0 Å². The van der Waals surface area contributed by atoms with Crippen molar-refractivity contribution in [1.29, 1.82) is 0 Å². The summed E-state index contributed by atoms with van der Waals surface area (Å²) in [6.07, 6.45) is -0.213. The van der Waals surface area contributed by atoms with Gasteiger partial charge in [-0.1, -0.05) is 13.8 Å². The minimum atomic E-state index is -0.443. The average Bonchev–Trinajstić information content (AvgIpc) is 2.66. The molecule has 5 heteroatoms. The Morgan fingerprint density at radius 2 is 2.00 bits per heavy atom. The van der Waals surface area contributed by atoms with E-state index in [1.807, 2.05) is 25.7 Å². The van der Waals surface area contributed by atoms with Crippen molar-refractivity contribution in [3.05, 3.63) is 0 Å². The molecule has 0 aromatic heterocycles. The van der Waals surface area contributed by atoms with E-state index in [-0.39, 0.29) is 17.7 Å². The third-order valence-electron chi connectivity index (χ3n) is 4.49. The van der Waals surface area contributed by atoms with Crippen LogP contribution in [0.4, 0.5) is 4.79 Å². The summed E-state index contributed by atoms with van der Waals surface area (Å²) in [5.74, 6) is 0.413. The van der Waals surface area contributed by atoms with Gasteiger partial charge in [0.15, 0.2) is 0 Å². The number of hydrogen-bond donors (Lipinski definition) is 0. The summed E-state index contributed by atoms with van der Waals surface area (Å²) in [4.78, 5) is 16.4. The van der Waals surface area contributed by atoms with Crippen molar-refractivity contribution in [2.45, 2.75) is 58.8 Å². The number of carbonyl (C=O) groups is 1. The van der Waals surface area contributed by atoms with Gasteiger partial charge in [-0.05, 0) is 33.6 Å². The quantitative estimate of drug-likeness (QED) is 0.741. The van der Waals surface area contributed by atoms with Crippen LogP contribution in [0.25, 0.3) is 0 Å². The molecule has 0 bridgehead atoms. The van der Waals surface area contributed by atoms with Crippen molar-refractivity contribution < 1.29 is 14.3 Å². The molecule has 0 spiro atoms. The van der Waals surface area contributed by atoms with Crippen molar-refractivity contribution in [1.82, 2.24) is 9.80 Å². The number of ether oxygens (including phenoxy) is 2. The standard InChI is InChI=1S/C15H28N2O3/c1-11(2)15(6)12-9-16(7-8-17(12)10-19-15)13(18)20-14(3,4)5/h11-12H,7-10H2,1-6H3/t12?,15-/m1/s1. The maximum absolute atomic E-state index is 12.2. The lowest BCUT2D eigenvalue weighted by atomic mass is 9.84. The second-order valence-electron chi connectivity index (χ2n) is 7.37. The monoisotopic (exact) mass is 284 g/mol. The Kier molecular flexibility index (Phi) is 4.04. The van der Waals surface area contributed by atoms with E-state index in [1.165, 1.54) is 0 Å². The van der Waals surface area contributed by atoms with Gasteiger partial charge in [-0.2, -0.15) is 0 Å². The van der Waals surface area contributed by atoms with Gasteiger partial charge in [0, 0.05) is 19.6 Å². The van der Waals surface area contributed by atoms with E-state index in [4.69, 9.17) is 9.47 Å². The predicted molar refractivity (Wildman–Crippen MR) is 77.5 cm³/mol. The number of amides is 1. The lowest BCUT2D eigenvalue weighted by Gasteiger charge is -2.43. The first-order valence-corrected chi connectivity index (χ1v) is 7.49. The lowest BCUT2D eigenvalue weighted by Crippen LogP contribution is -2.59. The maximum atomic E-state index is 12.2. The second kappa shape index (κ2) is 5.19. The van der Waals surface area contributed by atoms with Crippen LogP contribution in [0.15, 0.2) is 0 Å². The van der Waals surface area contributed by atoms with E-state index < -0.39 is 5.60 Å². The molecule has 0 radical (unpaired) electrons. The maximum Gasteiger partial charge on any atom is 0.410 e. The number of piperazine rings is 1. The fourth-order valence-electron chi connectivity index (χ4n) is 2.88. The highest BCUT2D eigenvalue weighted by Crippen LogP contribution is 2.36. The molecule has 2 heterocycles. The summed E-state index contributed by atoms with van der Waals surface area (Å²) < 4.78 is 11.5. The van der Waals surface area contributed by atoms with E-state index in [0.29, 0.717) is 25.7 Å². The minimum absolute atomic E-state index is 0.194. The Morgan fingerprint density at radius 3 is 2.55 bits per heavy atom. The first-order chi connectivity index (χ1) is 9.13. The number of carbonyl (C=O) groups excluding carboxylic acids is 1. The van der Waals surface area contributed by atoms with Crippen molar-refractivity contribution >= 4 is 6.09 Å². The molecule has 0 aromatic rings. The van der Waals surface area contributed by atoms with Crippen LogP contribution in [0.2, 0.25) is 0 Å². The molecule has 0 aromatic carbocycles. The SMILES string of the molecule is CC(C)[C@@]1(C)OCN2CCN(C(=O)OC(C)(C)C)CC21. The third kappa shape index (κ3) is 2.93. The molecule has 20 heavy (non-hydrogen) atoms. The molecule has 2 rings (SSSR count). The zero-order valence-corrected chi connectivity index (χ0v) is 13.6. The highest BCUT2D eigenvalue weighted by Gasteiger charge is 2.50. The van der Waals surface area contributed by atoms with Gasteiger partial charge in [0.1, 0.15) is 12.3 Å². The van der Waals surface area contributed by atoms with E-state index in [0.717, 1.165) is 6.54 Å². The molecule has 5 nitrogen and oxygen atoms in total. The smallest absolute Gasteiger partial charge is 0.410 e. The fourth-order valence-corrected chi connectivity index (χ4v) is 2.88. The van der Waals surface area contributed by atoms with Gasteiger partial charge in [0.2, 0.25) is 0 Å². The molecule has 2 aliphatic heterocycles. The van der Waals surface area contributed by atoms with E-state index >= 15 is 0 Å². The highest BCUT2D eigenvalue weighted by molar-refractivity contribution is 5.68. The van der Waals surface area contributed by atoms with Gasteiger partial charge < -0.3 is 14.4 Å². The van der Waals surface area contributed by atoms with E-state index in [2.05, 4.69) is 25.7 Å². The third-order valence-corrected chi connectivity index (χ3v) is 4.49. The van der Waals surface area contributed by atoms with Crippen LogP contribution < -0.4 is 0 Å². The molecule has 116 valence electrons. The number of rotatable bonds is 1. The van der Waals surface area contributed by atoms with E-state index in [1.54, 1.807) is 0 Å². The largest absolute Gasteiger partial charge is 0.444 e. The Bertz CT molecular complexity index is 378. The van der Waals surface area contributed by atoms with Crippen LogP contribution >= 0.6 is 0 Å². The summed E-state index contributed by atoms with van der Waals surface area (Å²) in [6.45, 7) is 15.1. The zero-order chi connectivity index (χ0) is 15.1. The van der Waals surface area contributed by atoms with Crippen LogP contribution in [0, 0.1) is 5.92 Å². The normalized spacial score (nSPS) is 31.6. The number of nitrogens with zero attached hydrogens (tertiary/aromatic N) is 2. The van der Waals surface area contributed by atoms with Crippen LogP contribution in [-0.4, -0.2) is 59.5 Å². The molecule has 2 saturated heterocycles. The molecule has 0 saturated carbocycles. The van der Waals surface area contributed by atoms with Crippen LogP contribution in [0.5, 0.6) is 0 Å². The van der Waals surface area contributed by atoms with Crippen molar-refractivity contribution in [3.8, 4) is 0 Å². The lowest BCUT2D eigenvalue weighted by molar-refractivity contribution is -0.0335. The summed E-state index contributed by atoms with van der Waals surface area (Å²) in [7, 11) is 0. The molecule has 2 aliphatic rings. The molecule has 1 unspecified atom stereocenters. The van der Waals surface area contributed by atoms with E-state index in [9.17, 15) is 4.79 Å². The summed E-state index contributed by atoms with van der Waals surface area (Å²) in [5.41, 5.74) is -0.636. The average molecular weight is 284 g/mol. The topological polar surface area (TPSA) is 42.0 Å². The van der Waals surface area contributed by atoms with Gasteiger partial charge in [-0.25, -0.2) is 4.79 Å². The number of fused-ring (bicyclic) bond motifs is 1. The minimum Gasteiger partial charge on any atom is -0.444 e. The Morgan fingerprint density at radius 1 is 1.35 bits per heavy atom. The van der Waals surface area contributed by atoms with Crippen LogP contribution in [-0.2, 0) is 9.47 Å². The van der Waals surface area contributed by atoms with Crippen molar-refractivity contribution in [2.75, 3.05) is 26.4 Å². The van der Waals surface area contributed by atoms with Crippen molar-refractivity contribution in [2.24, 2.45) is 5.92 Å². The first-order valence-electron chi connectivity index (χ1n) is 7.49. The molecular weight excluding hydrogens is 256 g/mol. The van der Waals surface area contributed by atoms with Gasteiger partial charge in [-0.15, -0.1) is 0 Å².